The van der Waals surface area contributed by atoms with E-state index in [0.717, 1.165) is 17.9 Å². The molecule has 1 aromatic carbocycles. The van der Waals surface area contributed by atoms with Crippen molar-refractivity contribution >= 4 is 5.69 Å². The SMILES string of the molecule is Cc1cccc(CN(C)c2ccc(CN)cc2C)n1. The second-order valence-corrected chi connectivity index (χ2v) is 4.95. The van der Waals surface area contributed by atoms with Crippen LogP contribution in [0.5, 0.6) is 0 Å². The van der Waals surface area contributed by atoms with E-state index in [1.165, 1.54) is 16.8 Å². The maximum absolute atomic E-state index is 5.66. The summed E-state index contributed by atoms with van der Waals surface area (Å²) in [5.41, 5.74) is 11.4. The van der Waals surface area contributed by atoms with Gasteiger partial charge in [0, 0.05) is 25.0 Å². The van der Waals surface area contributed by atoms with Crippen molar-refractivity contribution in [1.29, 1.82) is 0 Å². The molecule has 0 atom stereocenters. The van der Waals surface area contributed by atoms with Gasteiger partial charge < -0.3 is 10.6 Å². The van der Waals surface area contributed by atoms with Gasteiger partial charge in [-0.2, -0.15) is 0 Å². The molecule has 19 heavy (non-hydrogen) atoms. The van der Waals surface area contributed by atoms with E-state index in [-0.39, 0.29) is 0 Å². The summed E-state index contributed by atoms with van der Waals surface area (Å²) < 4.78 is 0. The number of nitrogens with zero attached hydrogens (tertiary/aromatic N) is 2. The van der Waals surface area contributed by atoms with Crippen LogP contribution in [0.2, 0.25) is 0 Å². The number of anilines is 1. The van der Waals surface area contributed by atoms with Crippen molar-refractivity contribution in [3.05, 3.63) is 58.9 Å². The summed E-state index contributed by atoms with van der Waals surface area (Å²) in [5, 5.41) is 0. The van der Waals surface area contributed by atoms with Crippen LogP contribution in [0.3, 0.4) is 0 Å². The number of hydrogen-bond donors (Lipinski definition) is 1. The monoisotopic (exact) mass is 255 g/mol. The Hall–Kier alpha value is -1.87. The highest BCUT2D eigenvalue weighted by Crippen LogP contribution is 2.21. The Morgan fingerprint density at radius 1 is 1.16 bits per heavy atom. The van der Waals surface area contributed by atoms with Gasteiger partial charge in [-0.3, -0.25) is 4.98 Å². The van der Waals surface area contributed by atoms with Crippen molar-refractivity contribution in [3.63, 3.8) is 0 Å². The molecule has 0 bridgehead atoms. The minimum absolute atomic E-state index is 0.588. The molecular formula is C16H21N3. The highest BCUT2D eigenvalue weighted by Gasteiger charge is 2.06. The molecule has 1 aromatic heterocycles. The lowest BCUT2D eigenvalue weighted by Crippen LogP contribution is -2.18. The first kappa shape index (κ1) is 13.6. The number of aryl methyl sites for hydroxylation is 2. The highest BCUT2D eigenvalue weighted by atomic mass is 15.1. The number of pyridine rings is 1. The van der Waals surface area contributed by atoms with E-state index in [1.807, 2.05) is 13.0 Å². The molecule has 3 heteroatoms. The molecule has 0 fully saturated rings. The third-order valence-corrected chi connectivity index (χ3v) is 3.25. The van der Waals surface area contributed by atoms with Crippen molar-refractivity contribution in [2.24, 2.45) is 5.73 Å². The molecule has 0 saturated carbocycles. The fourth-order valence-electron chi connectivity index (χ4n) is 2.29. The molecule has 2 N–H and O–H groups in total. The minimum atomic E-state index is 0.588. The van der Waals surface area contributed by atoms with E-state index in [2.05, 4.69) is 54.2 Å². The Morgan fingerprint density at radius 3 is 2.58 bits per heavy atom. The fraction of sp³-hybridized carbons (Fsp3) is 0.312. The van der Waals surface area contributed by atoms with Crippen molar-refractivity contribution < 1.29 is 0 Å². The maximum Gasteiger partial charge on any atom is 0.0600 e. The van der Waals surface area contributed by atoms with Gasteiger partial charge >= 0.3 is 0 Å². The van der Waals surface area contributed by atoms with Crippen LogP contribution in [0.25, 0.3) is 0 Å². The van der Waals surface area contributed by atoms with E-state index >= 15 is 0 Å². The normalized spacial score (nSPS) is 10.5. The highest BCUT2D eigenvalue weighted by molar-refractivity contribution is 5.54. The number of hydrogen-bond acceptors (Lipinski definition) is 3. The molecule has 2 aromatic rings. The first-order chi connectivity index (χ1) is 9.10. The van der Waals surface area contributed by atoms with E-state index in [4.69, 9.17) is 5.73 Å². The van der Waals surface area contributed by atoms with E-state index in [1.54, 1.807) is 0 Å². The molecule has 100 valence electrons. The molecule has 0 aliphatic carbocycles. The Kier molecular flexibility index (Phi) is 4.17. The van der Waals surface area contributed by atoms with Gasteiger partial charge in [0.2, 0.25) is 0 Å². The molecule has 0 amide bonds. The minimum Gasteiger partial charge on any atom is -0.368 e. The molecule has 1 heterocycles. The summed E-state index contributed by atoms with van der Waals surface area (Å²) in [7, 11) is 2.09. The Labute approximate surface area is 115 Å². The van der Waals surface area contributed by atoms with Gasteiger partial charge in [0.15, 0.2) is 0 Å². The summed E-state index contributed by atoms with van der Waals surface area (Å²) in [6.07, 6.45) is 0. The van der Waals surface area contributed by atoms with E-state index in [0.29, 0.717) is 6.54 Å². The molecule has 0 unspecified atom stereocenters. The summed E-state index contributed by atoms with van der Waals surface area (Å²) >= 11 is 0. The standard InChI is InChI=1S/C16H21N3/c1-12-9-14(10-17)7-8-16(12)19(3)11-15-6-4-5-13(2)18-15/h4-9H,10-11,17H2,1-3H3. The predicted molar refractivity (Wildman–Crippen MR) is 80.2 cm³/mol. The molecular weight excluding hydrogens is 234 g/mol. The van der Waals surface area contributed by atoms with Gasteiger partial charge in [-0.15, -0.1) is 0 Å². The summed E-state index contributed by atoms with van der Waals surface area (Å²) in [6.45, 7) is 5.54. The lowest BCUT2D eigenvalue weighted by Gasteiger charge is -2.21. The number of nitrogens with two attached hydrogens (primary N) is 1. The van der Waals surface area contributed by atoms with Crippen LogP contribution in [0.4, 0.5) is 5.69 Å². The second kappa shape index (κ2) is 5.85. The molecule has 0 spiro atoms. The van der Waals surface area contributed by atoms with E-state index < -0.39 is 0 Å². The summed E-state index contributed by atoms with van der Waals surface area (Å²) in [4.78, 5) is 6.76. The van der Waals surface area contributed by atoms with Crippen molar-refractivity contribution in [2.75, 3.05) is 11.9 Å². The van der Waals surface area contributed by atoms with Crippen LogP contribution in [0.15, 0.2) is 36.4 Å². The van der Waals surface area contributed by atoms with Gasteiger partial charge in [-0.25, -0.2) is 0 Å². The zero-order valence-corrected chi connectivity index (χ0v) is 11.9. The van der Waals surface area contributed by atoms with Crippen molar-refractivity contribution in [1.82, 2.24) is 4.98 Å². The number of rotatable bonds is 4. The molecule has 2 rings (SSSR count). The van der Waals surface area contributed by atoms with Gasteiger partial charge in [0.1, 0.15) is 0 Å². The predicted octanol–water partition coefficient (Wildman–Crippen LogP) is 2.79. The molecule has 0 saturated heterocycles. The number of aromatic nitrogens is 1. The average molecular weight is 255 g/mol. The van der Waals surface area contributed by atoms with Crippen LogP contribution in [0.1, 0.15) is 22.5 Å². The second-order valence-electron chi connectivity index (χ2n) is 4.95. The third-order valence-electron chi connectivity index (χ3n) is 3.25. The Bertz CT molecular complexity index is 564. The first-order valence-corrected chi connectivity index (χ1v) is 6.53. The van der Waals surface area contributed by atoms with Crippen LogP contribution >= 0.6 is 0 Å². The summed E-state index contributed by atoms with van der Waals surface area (Å²) in [6, 6.07) is 12.5. The van der Waals surface area contributed by atoms with Gasteiger partial charge in [0.25, 0.3) is 0 Å². The zero-order chi connectivity index (χ0) is 13.8. The van der Waals surface area contributed by atoms with E-state index in [9.17, 15) is 0 Å². The largest absolute Gasteiger partial charge is 0.368 e. The van der Waals surface area contributed by atoms with Crippen molar-refractivity contribution in [3.8, 4) is 0 Å². The van der Waals surface area contributed by atoms with Gasteiger partial charge in [0.05, 0.1) is 12.2 Å². The zero-order valence-electron chi connectivity index (χ0n) is 11.9. The smallest absolute Gasteiger partial charge is 0.0600 e. The Balaban J connectivity index is 2.18. The van der Waals surface area contributed by atoms with Crippen LogP contribution < -0.4 is 10.6 Å². The Morgan fingerprint density at radius 2 is 1.95 bits per heavy atom. The molecule has 0 aliphatic rings. The van der Waals surface area contributed by atoms with Gasteiger partial charge in [-0.1, -0.05) is 18.2 Å². The van der Waals surface area contributed by atoms with Crippen LogP contribution in [-0.2, 0) is 13.1 Å². The van der Waals surface area contributed by atoms with Crippen LogP contribution in [0, 0.1) is 13.8 Å². The first-order valence-electron chi connectivity index (χ1n) is 6.53. The number of benzene rings is 1. The van der Waals surface area contributed by atoms with Crippen LogP contribution in [-0.4, -0.2) is 12.0 Å². The summed E-state index contributed by atoms with van der Waals surface area (Å²) in [5.74, 6) is 0. The van der Waals surface area contributed by atoms with Crippen molar-refractivity contribution in [2.45, 2.75) is 26.9 Å². The molecule has 0 radical (unpaired) electrons. The average Bonchev–Trinajstić information content (AvgIpc) is 2.38. The fourth-order valence-corrected chi connectivity index (χ4v) is 2.29. The molecule has 0 aliphatic heterocycles. The maximum atomic E-state index is 5.66. The quantitative estimate of drug-likeness (QED) is 0.913. The van der Waals surface area contributed by atoms with Gasteiger partial charge in [-0.05, 0) is 43.2 Å². The molecule has 3 nitrogen and oxygen atoms in total. The lowest BCUT2D eigenvalue weighted by molar-refractivity contribution is 0.872. The topological polar surface area (TPSA) is 42.1 Å². The third kappa shape index (κ3) is 3.32. The lowest BCUT2D eigenvalue weighted by atomic mass is 10.1.